The van der Waals surface area contributed by atoms with Gasteiger partial charge in [-0.15, -0.1) is 5.10 Å². The van der Waals surface area contributed by atoms with Gasteiger partial charge in [-0.25, -0.2) is 27.6 Å². The maximum Gasteiger partial charge on any atom is 0.339 e. The van der Waals surface area contributed by atoms with Crippen LogP contribution >= 0.6 is 21.6 Å². The van der Waals surface area contributed by atoms with Crippen molar-refractivity contribution in [2.45, 2.75) is 10.1 Å². The van der Waals surface area contributed by atoms with E-state index in [-0.39, 0.29) is 27.2 Å². The molecule has 0 fully saturated rings. The van der Waals surface area contributed by atoms with Gasteiger partial charge in [-0.1, -0.05) is 0 Å². The Kier molecular flexibility index (Phi) is 6.16. The Hall–Kier alpha value is -3.59. The van der Waals surface area contributed by atoms with Crippen LogP contribution in [0.25, 0.3) is 5.69 Å². The molecule has 15 heteroatoms. The number of carbonyl (C=O) groups is 3. The summed E-state index contributed by atoms with van der Waals surface area (Å²) in [6.45, 7) is 0. The number of carboxylic acids is 3. The third kappa shape index (κ3) is 4.17. The molecule has 3 N–H and O–H groups in total. The summed E-state index contributed by atoms with van der Waals surface area (Å²) in [6, 6.07) is 5.25. The monoisotopic (exact) mass is 472 g/mol. The summed E-state index contributed by atoms with van der Waals surface area (Å²) in [5, 5.41) is 37.5. The van der Waals surface area contributed by atoms with Gasteiger partial charge in [0.25, 0.3) is 0 Å². The van der Waals surface area contributed by atoms with Crippen LogP contribution in [-0.4, -0.2) is 53.4 Å². The van der Waals surface area contributed by atoms with Gasteiger partial charge in [-0.2, -0.15) is 4.68 Å². The number of hydrogen-bond acceptors (Lipinski definition) is 8. The Bertz CT molecular complexity index is 1220. The van der Waals surface area contributed by atoms with Gasteiger partial charge in [0, 0.05) is 0 Å². The minimum Gasteiger partial charge on any atom is -0.478 e. The van der Waals surface area contributed by atoms with Crippen LogP contribution in [0.3, 0.4) is 0 Å². The minimum atomic E-state index is -2.15. The molecule has 0 amide bonds. The van der Waals surface area contributed by atoms with Crippen molar-refractivity contribution in [3.05, 3.63) is 58.4 Å². The second-order valence-corrected chi connectivity index (χ2v) is 7.63. The lowest BCUT2D eigenvalue weighted by molar-refractivity contribution is 0.0640. The molecule has 0 saturated heterocycles. The number of tetrazole rings is 1. The maximum atomic E-state index is 14.6. The average molecular weight is 472 g/mol. The Morgan fingerprint density at radius 2 is 1.39 bits per heavy atom. The van der Waals surface area contributed by atoms with Gasteiger partial charge in [-0.3, -0.25) is 0 Å². The van der Waals surface area contributed by atoms with Crippen LogP contribution < -0.4 is 0 Å². The molecular weight excluding hydrogens is 465 g/mol. The molecule has 0 spiro atoms. The molecule has 160 valence electrons. The van der Waals surface area contributed by atoms with E-state index < -0.39 is 51.4 Å². The predicted octanol–water partition coefficient (Wildman–Crippen LogP) is 2.97. The van der Waals surface area contributed by atoms with Gasteiger partial charge in [0.2, 0.25) is 5.16 Å². The first-order chi connectivity index (χ1) is 14.6. The van der Waals surface area contributed by atoms with Gasteiger partial charge < -0.3 is 15.3 Å². The number of halogens is 3. The molecule has 0 aliphatic heterocycles. The van der Waals surface area contributed by atoms with E-state index in [0.717, 1.165) is 4.68 Å². The van der Waals surface area contributed by atoms with Gasteiger partial charge in [0.1, 0.15) is 11.1 Å². The molecule has 1 aromatic heterocycles. The second-order valence-electron chi connectivity index (χ2n) is 5.52. The first kappa shape index (κ1) is 22.1. The Morgan fingerprint density at radius 3 is 1.94 bits per heavy atom. The molecule has 0 atom stereocenters. The molecule has 3 aromatic rings. The average Bonchev–Trinajstić information content (AvgIpc) is 3.18. The minimum absolute atomic E-state index is 0.0141. The van der Waals surface area contributed by atoms with Crippen LogP contribution in [0.1, 0.15) is 31.1 Å². The van der Waals surface area contributed by atoms with Gasteiger partial charge >= 0.3 is 17.9 Å². The third-order valence-electron chi connectivity index (χ3n) is 3.71. The van der Waals surface area contributed by atoms with E-state index in [2.05, 4.69) is 15.5 Å². The zero-order valence-corrected chi connectivity index (χ0v) is 16.2. The maximum absolute atomic E-state index is 14.6. The Balaban J connectivity index is 1.96. The lowest BCUT2D eigenvalue weighted by Crippen LogP contribution is -2.16. The quantitative estimate of drug-likeness (QED) is 0.343. The highest BCUT2D eigenvalue weighted by Gasteiger charge is 2.33. The Labute approximate surface area is 177 Å². The zero-order chi connectivity index (χ0) is 22.9. The molecule has 31 heavy (non-hydrogen) atoms. The topological polar surface area (TPSA) is 156 Å². The van der Waals surface area contributed by atoms with Gasteiger partial charge in [-0.05, 0) is 56.3 Å². The zero-order valence-electron chi connectivity index (χ0n) is 14.6. The van der Waals surface area contributed by atoms with Gasteiger partial charge in [0.15, 0.2) is 17.5 Å². The lowest BCUT2D eigenvalue weighted by Gasteiger charge is -2.11. The third-order valence-corrected chi connectivity index (χ3v) is 5.92. The lowest BCUT2D eigenvalue weighted by atomic mass is 10.1. The van der Waals surface area contributed by atoms with Crippen LogP contribution in [0, 0.1) is 17.5 Å². The fourth-order valence-corrected chi connectivity index (χ4v) is 4.33. The first-order valence-corrected chi connectivity index (χ1v) is 9.92. The molecule has 2 aromatic carbocycles. The fraction of sp³-hybridized carbons (Fsp3) is 0. The molecule has 0 saturated carbocycles. The van der Waals surface area contributed by atoms with Crippen molar-refractivity contribution >= 4 is 39.5 Å². The van der Waals surface area contributed by atoms with Crippen LogP contribution in [0.5, 0.6) is 0 Å². The highest BCUT2D eigenvalue weighted by atomic mass is 33.1. The summed E-state index contributed by atoms with van der Waals surface area (Å²) in [5.41, 5.74) is -2.89. The highest BCUT2D eigenvalue weighted by molar-refractivity contribution is 8.76. The van der Waals surface area contributed by atoms with Gasteiger partial charge in [0.05, 0.1) is 16.1 Å². The molecule has 0 bridgehead atoms. The van der Waals surface area contributed by atoms with Crippen LogP contribution in [0.2, 0.25) is 0 Å². The summed E-state index contributed by atoms with van der Waals surface area (Å²) >= 11 is 0. The van der Waals surface area contributed by atoms with Crippen molar-refractivity contribution in [2.24, 2.45) is 0 Å². The molecule has 0 radical (unpaired) electrons. The van der Waals surface area contributed by atoms with Crippen molar-refractivity contribution in [1.82, 2.24) is 20.2 Å². The van der Waals surface area contributed by atoms with Crippen molar-refractivity contribution < 1.29 is 42.9 Å². The fourth-order valence-electron chi connectivity index (χ4n) is 2.33. The summed E-state index contributed by atoms with van der Waals surface area (Å²) in [5.74, 6) is -11.1. The molecule has 0 aliphatic rings. The van der Waals surface area contributed by atoms with E-state index in [4.69, 9.17) is 15.3 Å². The van der Waals surface area contributed by atoms with Crippen molar-refractivity contribution in [1.29, 1.82) is 0 Å². The van der Waals surface area contributed by atoms with E-state index >= 15 is 0 Å². The number of benzene rings is 2. The first-order valence-electron chi connectivity index (χ1n) is 7.77. The summed E-state index contributed by atoms with van der Waals surface area (Å²) in [6.07, 6.45) is 0. The number of carboxylic acid groups (broad SMARTS) is 3. The standard InChI is InChI=1S/C16H7F3N4O6S2/c17-9-7(14(26)27)8(15(28)29)10(18)12(11(9)19)30-31-16-20-21-22-23(16)6-3-1-5(2-4-6)13(24)25/h1-4H,(H,24,25)(H,26,27)(H,28,29). The van der Waals surface area contributed by atoms with E-state index in [9.17, 15) is 27.6 Å². The van der Waals surface area contributed by atoms with Crippen LogP contribution in [-0.2, 0) is 0 Å². The molecule has 10 nitrogen and oxygen atoms in total. The molecule has 0 aliphatic carbocycles. The van der Waals surface area contributed by atoms with Crippen LogP contribution in [0.15, 0.2) is 34.3 Å². The van der Waals surface area contributed by atoms with Crippen molar-refractivity contribution in [3.63, 3.8) is 0 Å². The molecule has 3 rings (SSSR count). The predicted molar refractivity (Wildman–Crippen MR) is 98.1 cm³/mol. The SMILES string of the molecule is O=C(O)c1ccc(-n2nnnc2SSc2c(F)c(F)c(C(=O)O)c(C(=O)O)c2F)cc1. The number of hydrogen-bond donors (Lipinski definition) is 3. The number of aromatic nitrogens is 4. The van der Waals surface area contributed by atoms with E-state index in [0.29, 0.717) is 10.8 Å². The summed E-state index contributed by atoms with van der Waals surface area (Å²) in [7, 11) is 0.751. The van der Waals surface area contributed by atoms with Crippen molar-refractivity contribution in [3.8, 4) is 5.69 Å². The number of nitrogens with zero attached hydrogens (tertiary/aromatic N) is 4. The smallest absolute Gasteiger partial charge is 0.339 e. The molecule has 0 unspecified atom stereocenters. The van der Waals surface area contributed by atoms with Crippen LogP contribution in [0.4, 0.5) is 13.2 Å². The van der Waals surface area contributed by atoms with Crippen molar-refractivity contribution in [2.75, 3.05) is 0 Å². The number of aromatic carboxylic acids is 3. The highest BCUT2D eigenvalue weighted by Crippen LogP contribution is 2.42. The van der Waals surface area contributed by atoms with E-state index in [1.54, 1.807) is 0 Å². The Morgan fingerprint density at radius 1 is 0.806 bits per heavy atom. The molecule has 1 heterocycles. The summed E-state index contributed by atoms with van der Waals surface area (Å²) in [4.78, 5) is 32.1. The number of rotatable bonds is 7. The normalized spacial score (nSPS) is 10.8. The second kappa shape index (κ2) is 8.65. The summed E-state index contributed by atoms with van der Waals surface area (Å²) < 4.78 is 44.0. The van der Waals surface area contributed by atoms with E-state index in [1.807, 2.05) is 0 Å². The van der Waals surface area contributed by atoms with E-state index in [1.165, 1.54) is 24.3 Å². The molecular formula is C16H7F3N4O6S2. The largest absolute Gasteiger partial charge is 0.478 e.